The smallest absolute Gasteiger partial charge is 0.332 e. The number of carbonyl (C=O) groups excluding carboxylic acids is 2. The van der Waals surface area contributed by atoms with Gasteiger partial charge in [-0.1, -0.05) is 0 Å². The van der Waals surface area contributed by atoms with Crippen LogP contribution < -0.4 is 10.6 Å². The number of morpholine rings is 1. The lowest BCUT2D eigenvalue weighted by Gasteiger charge is -2.33. The molecule has 2 fully saturated rings. The van der Waals surface area contributed by atoms with E-state index in [1.807, 2.05) is 6.07 Å². The highest BCUT2D eigenvalue weighted by Gasteiger charge is 2.32. The molecule has 3 heterocycles. The zero-order valence-corrected chi connectivity index (χ0v) is 15.7. The number of carbonyl (C=O) groups is 2. The normalized spacial score (nSPS) is 19.6. The zero-order chi connectivity index (χ0) is 19.2. The van der Waals surface area contributed by atoms with Crippen molar-refractivity contribution in [3.05, 3.63) is 18.1 Å². The van der Waals surface area contributed by atoms with E-state index >= 15 is 0 Å². The van der Waals surface area contributed by atoms with Crippen molar-refractivity contribution in [2.45, 2.75) is 31.7 Å². The highest BCUT2D eigenvalue weighted by atomic mass is 16.5. The molecule has 2 aliphatic heterocycles. The van der Waals surface area contributed by atoms with Crippen LogP contribution in [0, 0.1) is 0 Å². The van der Waals surface area contributed by atoms with E-state index in [9.17, 15) is 9.59 Å². The van der Waals surface area contributed by atoms with Crippen molar-refractivity contribution in [3.8, 4) is 0 Å². The highest BCUT2D eigenvalue weighted by Crippen LogP contribution is 2.27. The van der Waals surface area contributed by atoms with E-state index < -0.39 is 12.0 Å². The molecule has 3 rings (SSSR count). The van der Waals surface area contributed by atoms with E-state index in [0.29, 0.717) is 26.3 Å². The number of anilines is 1. The van der Waals surface area contributed by atoms with Crippen LogP contribution in [0.2, 0.25) is 0 Å². The molecule has 2 saturated heterocycles. The maximum atomic E-state index is 12.4. The van der Waals surface area contributed by atoms with E-state index in [1.165, 1.54) is 0 Å². The molecule has 0 saturated carbocycles. The second-order valence-corrected chi connectivity index (χ2v) is 6.70. The summed E-state index contributed by atoms with van der Waals surface area (Å²) in [6.07, 6.45) is 3.28. The van der Waals surface area contributed by atoms with E-state index in [0.717, 1.165) is 37.6 Å². The maximum Gasteiger partial charge on any atom is 0.332 e. The van der Waals surface area contributed by atoms with Gasteiger partial charge in [0.05, 0.1) is 19.8 Å². The molecule has 27 heavy (non-hydrogen) atoms. The summed E-state index contributed by atoms with van der Waals surface area (Å²) >= 11 is 0. The molecule has 1 aromatic rings. The monoisotopic (exact) mass is 377 g/mol. The van der Waals surface area contributed by atoms with Crippen LogP contribution in [0.1, 0.15) is 31.5 Å². The first-order valence-corrected chi connectivity index (χ1v) is 9.46. The highest BCUT2D eigenvalue weighted by molar-refractivity contribution is 6.01. The Morgan fingerprint density at radius 3 is 2.67 bits per heavy atom. The molecule has 9 nitrogen and oxygen atoms in total. The summed E-state index contributed by atoms with van der Waals surface area (Å²) < 4.78 is 10.2. The Morgan fingerprint density at radius 1 is 1.30 bits per heavy atom. The van der Waals surface area contributed by atoms with Gasteiger partial charge in [-0.05, 0) is 25.8 Å². The molecule has 1 amide bonds. The van der Waals surface area contributed by atoms with E-state index in [1.54, 1.807) is 18.0 Å². The van der Waals surface area contributed by atoms with Crippen LogP contribution in [0.5, 0.6) is 0 Å². The minimum Gasteiger partial charge on any atom is -0.464 e. The van der Waals surface area contributed by atoms with Gasteiger partial charge in [-0.25, -0.2) is 14.8 Å². The summed E-state index contributed by atoms with van der Waals surface area (Å²) in [7, 11) is 0. The maximum absolute atomic E-state index is 12.4. The van der Waals surface area contributed by atoms with Crippen LogP contribution in [-0.2, 0) is 19.1 Å². The number of hydrogen-bond acceptors (Lipinski definition) is 8. The van der Waals surface area contributed by atoms with Gasteiger partial charge >= 0.3 is 5.97 Å². The zero-order valence-electron chi connectivity index (χ0n) is 15.7. The predicted octanol–water partition coefficient (Wildman–Crippen LogP) is -0.0904. The van der Waals surface area contributed by atoms with Crippen LogP contribution in [0.4, 0.5) is 5.82 Å². The molecule has 1 atom stereocenters. The van der Waals surface area contributed by atoms with Crippen molar-refractivity contribution < 1.29 is 19.1 Å². The Bertz CT molecular complexity index is 657. The Morgan fingerprint density at radius 2 is 2.00 bits per heavy atom. The number of likely N-dealkylation sites (tertiary alicyclic amines) is 1. The van der Waals surface area contributed by atoms with Crippen LogP contribution in [-0.4, -0.2) is 78.8 Å². The Hall–Kier alpha value is -2.26. The molecule has 148 valence electrons. The fourth-order valence-corrected chi connectivity index (χ4v) is 3.42. The molecule has 0 aromatic carbocycles. The van der Waals surface area contributed by atoms with Crippen LogP contribution in [0.25, 0.3) is 0 Å². The summed E-state index contributed by atoms with van der Waals surface area (Å²) in [5.41, 5.74) is 5.72. The first-order valence-electron chi connectivity index (χ1n) is 9.46. The van der Waals surface area contributed by atoms with Crippen molar-refractivity contribution in [1.29, 1.82) is 0 Å². The SMILES string of the molecule is CCOC(=O)C(N)C(=O)N1CCC(c2nccc(N3CCOCC3)n2)CC1. The Balaban J connectivity index is 1.57. The summed E-state index contributed by atoms with van der Waals surface area (Å²) in [4.78, 5) is 37.0. The first-order chi connectivity index (χ1) is 13.1. The number of amides is 1. The van der Waals surface area contributed by atoms with Gasteiger partial charge in [0, 0.05) is 38.3 Å². The number of nitrogens with two attached hydrogens (primary N) is 1. The minimum absolute atomic E-state index is 0.189. The van der Waals surface area contributed by atoms with Gasteiger partial charge in [0.25, 0.3) is 5.91 Å². The number of ether oxygens (including phenoxy) is 2. The lowest BCUT2D eigenvalue weighted by atomic mass is 9.95. The topological polar surface area (TPSA) is 111 Å². The summed E-state index contributed by atoms with van der Waals surface area (Å²) in [6, 6.07) is 0.675. The Labute approximate surface area is 158 Å². The average molecular weight is 377 g/mol. The van der Waals surface area contributed by atoms with Crippen molar-refractivity contribution in [3.63, 3.8) is 0 Å². The van der Waals surface area contributed by atoms with Gasteiger partial charge in [0.15, 0.2) is 6.04 Å². The fraction of sp³-hybridized carbons (Fsp3) is 0.667. The number of nitrogens with zero attached hydrogens (tertiary/aromatic N) is 4. The summed E-state index contributed by atoms with van der Waals surface area (Å²) in [6.45, 7) is 6.03. The second-order valence-electron chi connectivity index (χ2n) is 6.70. The number of aromatic nitrogens is 2. The molecular weight excluding hydrogens is 350 g/mol. The van der Waals surface area contributed by atoms with Gasteiger partial charge in [-0.2, -0.15) is 0 Å². The largest absolute Gasteiger partial charge is 0.464 e. The average Bonchev–Trinajstić information content (AvgIpc) is 2.73. The third kappa shape index (κ3) is 4.72. The molecule has 0 radical (unpaired) electrons. The Kier molecular flexibility index (Phi) is 6.57. The number of esters is 1. The lowest BCUT2D eigenvalue weighted by Crippen LogP contribution is -2.51. The standard InChI is InChI=1S/C18H27N5O4/c1-2-27-18(25)15(19)17(24)23-7-4-13(5-8-23)16-20-6-3-14(21-16)22-9-11-26-12-10-22/h3,6,13,15H,2,4-5,7-12,19H2,1H3. The lowest BCUT2D eigenvalue weighted by molar-refractivity contribution is -0.151. The fourth-order valence-electron chi connectivity index (χ4n) is 3.42. The van der Waals surface area contributed by atoms with Crippen molar-refractivity contribution in [2.24, 2.45) is 5.73 Å². The quantitative estimate of drug-likeness (QED) is 0.560. The van der Waals surface area contributed by atoms with E-state index in [4.69, 9.17) is 20.2 Å². The molecule has 0 aliphatic carbocycles. The second kappa shape index (κ2) is 9.09. The van der Waals surface area contributed by atoms with Crippen LogP contribution in [0.3, 0.4) is 0 Å². The van der Waals surface area contributed by atoms with Gasteiger partial charge in [0.2, 0.25) is 0 Å². The first kappa shape index (κ1) is 19.5. The van der Waals surface area contributed by atoms with Crippen LogP contribution in [0.15, 0.2) is 12.3 Å². The van der Waals surface area contributed by atoms with Crippen molar-refractivity contribution in [2.75, 3.05) is 50.9 Å². The van der Waals surface area contributed by atoms with Crippen molar-refractivity contribution in [1.82, 2.24) is 14.9 Å². The predicted molar refractivity (Wildman–Crippen MR) is 98.2 cm³/mol. The summed E-state index contributed by atoms with van der Waals surface area (Å²) in [5.74, 6) is 0.863. The van der Waals surface area contributed by atoms with Gasteiger partial charge in [-0.15, -0.1) is 0 Å². The molecule has 0 bridgehead atoms. The number of rotatable bonds is 5. The molecule has 2 N–H and O–H groups in total. The molecule has 0 spiro atoms. The van der Waals surface area contributed by atoms with Gasteiger partial charge in [-0.3, -0.25) is 4.79 Å². The molecular formula is C18H27N5O4. The molecule has 1 aromatic heterocycles. The molecule has 2 aliphatic rings. The van der Waals surface area contributed by atoms with Crippen molar-refractivity contribution >= 4 is 17.7 Å². The third-order valence-corrected chi connectivity index (χ3v) is 4.97. The summed E-state index contributed by atoms with van der Waals surface area (Å²) in [5, 5.41) is 0. The minimum atomic E-state index is -1.25. The van der Waals surface area contributed by atoms with E-state index in [-0.39, 0.29) is 18.4 Å². The van der Waals surface area contributed by atoms with Gasteiger partial charge in [0.1, 0.15) is 11.6 Å². The number of hydrogen-bond donors (Lipinski definition) is 1. The molecule has 9 heteroatoms. The third-order valence-electron chi connectivity index (χ3n) is 4.97. The molecule has 1 unspecified atom stereocenters. The van der Waals surface area contributed by atoms with Gasteiger partial charge < -0.3 is 25.0 Å². The van der Waals surface area contributed by atoms with Crippen LogP contribution >= 0.6 is 0 Å². The van der Waals surface area contributed by atoms with E-state index in [2.05, 4.69) is 9.88 Å². The number of piperidine rings is 1.